The average molecular weight is 302 g/mol. The van der Waals surface area contributed by atoms with Crippen LogP contribution in [0.5, 0.6) is 0 Å². The van der Waals surface area contributed by atoms with Crippen molar-refractivity contribution in [1.29, 1.82) is 0 Å². The Morgan fingerprint density at radius 2 is 1.90 bits per heavy atom. The normalized spacial score (nSPS) is 11.7. The van der Waals surface area contributed by atoms with Crippen LogP contribution < -0.4 is 16.8 Å². The quantitative estimate of drug-likeness (QED) is 0.221. The summed E-state index contributed by atoms with van der Waals surface area (Å²) in [7, 11) is 0. The molecule has 21 heavy (non-hydrogen) atoms. The molecular formula is C13H26N4O4. The summed E-state index contributed by atoms with van der Waals surface area (Å²) in [5.74, 6) is -1.71. The largest absolute Gasteiger partial charge is 0.481 e. The highest BCUT2D eigenvalue weighted by molar-refractivity contribution is 5.78. The van der Waals surface area contributed by atoms with Crippen molar-refractivity contribution in [3.05, 3.63) is 0 Å². The van der Waals surface area contributed by atoms with Gasteiger partial charge >= 0.3 is 5.97 Å². The number of hydrogen-bond acceptors (Lipinski definition) is 4. The van der Waals surface area contributed by atoms with Gasteiger partial charge in [-0.1, -0.05) is 19.8 Å². The molecule has 8 heteroatoms. The van der Waals surface area contributed by atoms with Gasteiger partial charge in [0.1, 0.15) is 6.61 Å². The van der Waals surface area contributed by atoms with E-state index in [9.17, 15) is 9.59 Å². The van der Waals surface area contributed by atoms with Gasteiger partial charge in [0.25, 0.3) is 0 Å². The van der Waals surface area contributed by atoms with Crippen LogP contribution in [0.15, 0.2) is 4.99 Å². The summed E-state index contributed by atoms with van der Waals surface area (Å²) < 4.78 is 5.21. The number of nitrogens with two attached hydrogens (primary N) is 2. The zero-order chi connectivity index (χ0) is 16.1. The van der Waals surface area contributed by atoms with Crippen molar-refractivity contribution in [3.63, 3.8) is 0 Å². The molecule has 0 saturated heterocycles. The lowest BCUT2D eigenvalue weighted by molar-refractivity contribution is -0.141. The third-order valence-corrected chi connectivity index (χ3v) is 2.75. The molecule has 122 valence electrons. The number of carbonyl (C=O) groups is 2. The number of nitrogens with one attached hydrogen (secondary N) is 1. The molecule has 0 rings (SSSR count). The van der Waals surface area contributed by atoms with Gasteiger partial charge in [-0.25, -0.2) is 0 Å². The predicted octanol–water partition coefficient (Wildman–Crippen LogP) is -0.326. The van der Waals surface area contributed by atoms with E-state index in [4.69, 9.17) is 21.3 Å². The molecule has 0 aliphatic heterocycles. The number of amides is 1. The van der Waals surface area contributed by atoms with E-state index in [0.717, 1.165) is 25.7 Å². The molecule has 0 spiro atoms. The number of carboxylic acid groups (broad SMARTS) is 1. The number of guanidine groups is 1. The summed E-state index contributed by atoms with van der Waals surface area (Å²) in [4.78, 5) is 25.8. The van der Waals surface area contributed by atoms with Crippen molar-refractivity contribution in [2.45, 2.75) is 32.6 Å². The van der Waals surface area contributed by atoms with Crippen molar-refractivity contribution < 1.29 is 19.4 Å². The maximum atomic E-state index is 11.3. The van der Waals surface area contributed by atoms with Gasteiger partial charge in [-0.3, -0.25) is 14.6 Å². The van der Waals surface area contributed by atoms with Crippen LogP contribution in [0.3, 0.4) is 0 Å². The molecule has 0 aliphatic carbocycles. The Balaban J connectivity index is 3.36. The molecule has 0 unspecified atom stereocenters. The Morgan fingerprint density at radius 1 is 1.24 bits per heavy atom. The third kappa shape index (κ3) is 12.9. The highest BCUT2D eigenvalue weighted by Gasteiger charge is 2.11. The van der Waals surface area contributed by atoms with Crippen molar-refractivity contribution in [3.8, 4) is 0 Å². The number of aliphatic imine (C=N–C) groups is 1. The van der Waals surface area contributed by atoms with Crippen molar-refractivity contribution in [2.75, 3.05) is 26.3 Å². The number of hydrogen-bond donors (Lipinski definition) is 4. The van der Waals surface area contributed by atoms with E-state index < -0.39 is 11.9 Å². The van der Waals surface area contributed by atoms with E-state index in [-0.39, 0.29) is 25.0 Å². The Bertz CT molecular complexity index is 343. The number of aliphatic carboxylic acids is 1. The van der Waals surface area contributed by atoms with Crippen LogP contribution in [0.25, 0.3) is 0 Å². The lowest BCUT2D eigenvalue weighted by Gasteiger charge is -2.08. The van der Waals surface area contributed by atoms with Crippen LogP contribution in [0, 0.1) is 5.92 Å². The minimum atomic E-state index is -0.933. The number of ether oxygens (including phenoxy) is 1. The third-order valence-electron chi connectivity index (χ3n) is 2.75. The second kappa shape index (κ2) is 12.0. The Labute approximate surface area is 124 Å². The van der Waals surface area contributed by atoms with E-state index >= 15 is 0 Å². The van der Waals surface area contributed by atoms with E-state index in [0.29, 0.717) is 13.2 Å². The number of unbranched alkanes of at least 4 members (excludes halogenated alkanes) is 3. The minimum Gasteiger partial charge on any atom is -0.481 e. The Hall–Kier alpha value is -1.83. The van der Waals surface area contributed by atoms with Crippen LogP contribution >= 0.6 is 0 Å². The van der Waals surface area contributed by atoms with Gasteiger partial charge in [0.15, 0.2) is 5.96 Å². The molecule has 0 radical (unpaired) electrons. The van der Waals surface area contributed by atoms with Crippen molar-refractivity contribution in [2.24, 2.45) is 22.4 Å². The monoisotopic (exact) mass is 302 g/mol. The smallest absolute Gasteiger partial charge is 0.308 e. The first-order valence-corrected chi connectivity index (χ1v) is 7.06. The zero-order valence-electron chi connectivity index (χ0n) is 12.5. The van der Waals surface area contributed by atoms with Gasteiger partial charge in [-0.05, 0) is 12.8 Å². The Kier molecular flexibility index (Phi) is 10.9. The molecule has 0 aromatic rings. The summed E-state index contributed by atoms with van der Waals surface area (Å²) >= 11 is 0. The molecule has 0 aromatic heterocycles. The van der Waals surface area contributed by atoms with Crippen LogP contribution in [-0.4, -0.2) is 49.2 Å². The maximum absolute atomic E-state index is 11.3. The number of carbonyl (C=O) groups excluding carboxylic acids is 1. The summed E-state index contributed by atoms with van der Waals surface area (Å²) in [5.41, 5.74) is 10.4. The highest BCUT2D eigenvalue weighted by Crippen LogP contribution is 2.00. The predicted molar refractivity (Wildman–Crippen MR) is 79.8 cm³/mol. The van der Waals surface area contributed by atoms with Crippen LogP contribution in [0.1, 0.15) is 32.6 Å². The first-order valence-electron chi connectivity index (χ1n) is 7.06. The minimum absolute atomic E-state index is 0.0413. The van der Waals surface area contributed by atoms with Gasteiger partial charge in [0.05, 0.1) is 5.92 Å². The second-order valence-corrected chi connectivity index (χ2v) is 4.82. The first kappa shape index (κ1) is 19.2. The first-order chi connectivity index (χ1) is 9.93. The maximum Gasteiger partial charge on any atom is 0.308 e. The van der Waals surface area contributed by atoms with E-state index in [1.807, 2.05) is 0 Å². The van der Waals surface area contributed by atoms with E-state index in [2.05, 4.69) is 10.3 Å². The summed E-state index contributed by atoms with van der Waals surface area (Å²) in [6, 6.07) is 0. The molecule has 8 nitrogen and oxygen atoms in total. The van der Waals surface area contributed by atoms with Crippen molar-refractivity contribution >= 4 is 17.8 Å². The van der Waals surface area contributed by atoms with Crippen molar-refractivity contribution in [1.82, 2.24) is 5.32 Å². The van der Waals surface area contributed by atoms with Crippen LogP contribution in [0.4, 0.5) is 0 Å². The molecule has 0 aliphatic rings. The zero-order valence-corrected chi connectivity index (χ0v) is 12.5. The molecule has 0 fully saturated rings. The van der Waals surface area contributed by atoms with Gasteiger partial charge < -0.3 is 26.6 Å². The highest BCUT2D eigenvalue weighted by atomic mass is 16.5. The number of carboxylic acids is 1. The number of nitrogens with zero attached hydrogens (tertiary/aromatic N) is 1. The van der Waals surface area contributed by atoms with Gasteiger partial charge in [0, 0.05) is 19.7 Å². The van der Waals surface area contributed by atoms with E-state index in [1.165, 1.54) is 6.92 Å². The topological polar surface area (TPSA) is 140 Å². The summed E-state index contributed by atoms with van der Waals surface area (Å²) in [6.45, 7) is 2.74. The molecule has 0 heterocycles. The molecule has 6 N–H and O–H groups in total. The fourth-order valence-corrected chi connectivity index (χ4v) is 1.45. The lowest BCUT2D eigenvalue weighted by Crippen LogP contribution is -2.34. The van der Waals surface area contributed by atoms with E-state index in [1.54, 1.807) is 0 Å². The fraction of sp³-hybridized carbons (Fsp3) is 0.769. The molecular weight excluding hydrogens is 276 g/mol. The van der Waals surface area contributed by atoms with Gasteiger partial charge in [0.2, 0.25) is 5.91 Å². The molecule has 0 bridgehead atoms. The Morgan fingerprint density at radius 3 is 2.52 bits per heavy atom. The SMILES string of the molecule is C[C@@H](CNC(=O)COCCCCCCN=C(N)N)C(=O)O. The average Bonchev–Trinajstić information content (AvgIpc) is 2.42. The molecule has 1 atom stereocenters. The summed E-state index contributed by atoms with van der Waals surface area (Å²) in [5, 5.41) is 11.2. The second-order valence-electron chi connectivity index (χ2n) is 4.82. The summed E-state index contributed by atoms with van der Waals surface area (Å²) in [6.07, 6.45) is 3.77. The van der Waals surface area contributed by atoms with Gasteiger partial charge in [-0.15, -0.1) is 0 Å². The molecule has 0 saturated carbocycles. The van der Waals surface area contributed by atoms with Crippen LogP contribution in [0.2, 0.25) is 0 Å². The standard InChI is InChI=1S/C13H26N4O4/c1-10(12(19)20)8-17-11(18)9-21-7-5-3-2-4-6-16-13(14)15/h10H,2-9H2,1H3,(H,17,18)(H,19,20)(H4,14,15,16)/t10-/m0/s1. The molecule has 1 amide bonds. The lowest BCUT2D eigenvalue weighted by atomic mass is 10.2. The fourth-order valence-electron chi connectivity index (χ4n) is 1.45. The number of rotatable bonds is 12. The van der Waals surface area contributed by atoms with Crippen LogP contribution in [-0.2, 0) is 14.3 Å². The molecule has 0 aromatic carbocycles. The van der Waals surface area contributed by atoms with Gasteiger partial charge in [-0.2, -0.15) is 0 Å².